The summed E-state index contributed by atoms with van der Waals surface area (Å²) in [5.74, 6) is -0.246. The fraction of sp³-hybridized carbons (Fsp3) is 0.278. The Kier molecular flexibility index (Phi) is 6.30. The van der Waals surface area contributed by atoms with Gasteiger partial charge in [-0.05, 0) is 42.0 Å². The van der Waals surface area contributed by atoms with Gasteiger partial charge in [0.05, 0.1) is 0 Å². The van der Waals surface area contributed by atoms with E-state index >= 15 is 0 Å². The lowest BCUT2D eigenvalue weighted by atomic mass is 10.1. The normalized spacial score (nSPS) is 11.7. The number of hydrogen-bond donors (Lipinski definition) is 3. The molecule has 2 amide bonds. The summed E-state index contributed by atoms with van der Waals surface area (Å²) >= 11 is 4.94. The van der Waals surface area contributed by atoms with Gasteiger partial charge in [0, 0.05) is 5.92 Å². The summed E-state index contributed by atoms with van der Waals surface area (Å²) < 4.78 is 5.65. The summed E-state index contributed by atoms with van der Waals surface area (Å²) in [6.07, 6.45) is -0.739. The number of carbonyl (C=O) groups is 2. The average Bonchev–Trinajstić information content (AvgIpc) is 2.59. The van der Waals surface area contributed by atoms with Crippen LogP contribution in [0.25, 0.3) is 10.8 Å². The predicted molar refractivity (Wildman–Crippen MR) is 101 cm³/mol. The van der Waals surface area contributed by atoms with Crippen LogP contribution >= 0.6 is 12.2 Å². The van der Waals surface area contributed by atoms with Gasteiger partial charge in [-0.1, -0.05) is 44.2 Å². The molecule has 0 bridgehead atoms. The van der Waals surface area contributed by atoms with Crippen molar-refractivity contribution in [2.24, 2.45) is 5.92 Å². The molecule has 1 unspecified atom stereocenters. The first kappa shape index (κ1) is 18.7. The molecule has 3 N–H and O–H groups in total. The first-order chi connectivity index (χ1) is 11.9. The molecular weight excluding hydrogens is 338 g/mol. The van der Waals surface area contributed by atoms with Crippen LogP contribution in [0, 0.1) is 5.92 Å². The highest BCUT2D eigenvalue weighted by Crippen LogP contribution is 2.21. The summed E-state index contributed by atoms with van der Waals surface area (Å²) in [5, 5.41) is 4.63. The van der Waals surface area contributed by atoms with Gasteiger partial charge in [0.1, 0.15) is 5.75 Å². The van der Waals surface area contributed by atoms with Crippen LogP contribution in [0.2, 0.25) is 0 Å². The Hall–Kier alpha value is -2.67. The molecule has 2 aromatic carbocycles. The van der Waals surface area contributed by atoms with E-state index in [2.05, 4.69) is 16.2 Å². The third kappa shape index (κ3) is 5.42. The molecule has 0 radical (unpaired) electrons. The number of nitrogens with one attached hydrogen (secondary N) is 3. The second-order valence-electron chi connectivity index (χ2n) is 5.86. The molecule has 0 aliphatic rings. The molecule has 2 aromatic rings. The van der Waals surface area contributed by atoms with E-state index < -0.39 is 12.0 Å². The third-order valence-corrected chi connectivity index (χ3v) is 3.67. The zero-order valence-corrected chi connectivity index (χ0v) is 15.1. The van der Waals surface area contributed by atoms with Crippen LogP contribution in [0.4, 0.5) is 0 Å². The first-order valence-corrected chi connectivity index (χ1v) is 8.34. The summed E-state index contributed by atoms with van der Waals surface area (Å²) in [5.41, 5.74) is 4.90. The minimum atomic E-state index is -0.739. The van der Waals surface area contributed by atoms with E-state index in [-0.39, 0.29) is 16.9 Å². The maximum absolute atomic E-state index is 12.1. The number of carbonyl (C=O) groups excluding carboxylic acids is 2. The highest BCUT2D eigenvalue weighted by Gasteiger charge is 2.16. The standard InChI is InChI=1S/C18H21N3O3S/c1-11(2)16(22)19-18(25)21-20-17(23)12(3)24-15-9-8-13-6-4-5-7-14(13)10-15/h4-12H,1-3H3,(H,20,23)(H2,19,21,22,25). The molecule has 6 nitrogen and oxygen atoms in total. The summed E-state index contributed by atoms with van der Waals surface area (Å²) in [7, 11) is 0. The van der Waals surface area contributed by atoms with Gasteiger partial charge < -0.3 is 10.1 Å². The van der Waals surface area contributed by atoms with Crippen molar-refractivity contribution in [3.8, 4) is 5.75 Å². The minimum absolute atomic E-state index is 0.0324. The second kappa shape index (κ2) is 8.43. The van der Waals surface area contributed by atoms with Crippen molar-refractivity contribution in [1.29, 1.82) is 0 Å². The maximum Gasteiger partial charge on any atom is 0.279 e. The van der Waals surface area contributed by atoms with Gasteiger partial charge in [-0.2, -0.15) is 0 Å². The number of hydrazine groups is 1. The van der Waals surface area contributed by atoms with Crippen LogP contribution in [0.3, 0.4) is 0 Å². The molecule has 0 spiro atoms. The number of hydrogen-bond acceptors (Lipinski definition) is 4. The Morgan fingerprint density at radius 3 is 2.32 bits per heavy atom. The molecule has 7 heteroatoms. The number of rotatable bonds is 4. The van der Waals surface area contributed by atoms with Crippen LogP contribution in [0.15, 0.2) is 42.5 Å². The molecule has 0 fully saturated rings. The molecular formula is C18H21N3O3S. The molecule has 25 heavy (non-hydrogen) atoms. The number of ether oxygens (including phenoxy) is 1. The number of fused-ring (bicyclic) bond motifs is 1. The molecule has 0 heterocycles. The third-order valence-electron chi connectivity index (χ3n) is 3.46. The minimum Gasteiger partial charge on any atom is -0.481 e. The van der Waals surface area contributed by atoms with Crippen molar-refractivity contribution >= 4 is 39.9 Å². The van der Waals surface area contributed by atoms with Crippen molar-refractivity contribution in [2.75, 3.05) is 0 Å². The van der Waals surface area contributed by atoms with Crippen molar-refractivity contribution in [3.63, 3.8) is 0 Å². The van der Waals surface area contributed by atoms with E-state index in [0.29, 0.717) is 5.75 Å². The van der Waals surface area contributed by atoms with E-state index in [1.165, 1.54) is 0 Å². The summed E-state index contributed by atoms with van der Waals surface area (Å²) in [4.78, 5) is 23.6. The number of thiocarbonyl (C=S) groups is 1. The quantitative estimate of drug-likeness (QED) is 0.577. The van der Waals surface area contributed by atoms with E-state index in [4.69, 9.17) is 17.0 Å². The fourth-order valence-corrected chi connectivity index (χ4v) is 2.16. The summed E-state index contributed by atoms with van der Waals surface area (Å²) in [6.45, 7) is 5.12. The molecule has 132 valence electrons. The number of benzene rings is 2. The predicted octanol–water partition coefficient (Wildman–Crippen LogP) is 2.29. The van der Waals surface area contributed by atoms with Gasteiger partial charge in [0.25, 0.3) is 5.91 Å². The average molecular weight is 359 g/mol. The van der Waals surface area contributed by atoms with Crippen LogP contribution in [-0.2, 0) is 9.59 Å². The van der Waals surface area contributed by atoms with Gasteiger partial charge >= 0.3 is 0 Å². The topological polar surface area (TPSA) is 79.5 Å². The van der Waals surface area contributed by atoms with Crippen molar-refractivity contribution in [2.45, 2.75) is 26.9 Å². The van der Waals surface area contributed by atoms with Gasteiger partial charge in [0.15, 0.2) is 11.2 Å². The smallest absolute Gasteiger partial charge is 0.279 e. The molecule has 0 aliphatic heterocycles. The Balaban J connectivity index is 1.86. The van der Waals surface area contributed by atoms with Gasteiger partial charge in [-0.15, -0.1) is 0 Å². The van der Waals surface area contributed by atoms with Crippen LogP contribution in [-0.4, -0.2) is 23.0 Å². The SMILES string of the molecule is CC(C)C(=O)NC(=S)NNC(=O)C(C)Oc1ccc2ccccc2c1. The lowest BCUT2D eigenvalue weighted by Gasteiger charge is -2.17. The van der Waals surface area contributed by atoms with Crippen LogP contribution in [0.1, 0.15) is 20.8 Å². The molecule has 0 aliphatic carbocycles. The van der Waals surface area contributed by atoms with Crippen molar-refractivity contribution in [3.05, 3.63) is 42.5 Å². The van der Waals surface area contributed by atoms with Gasteiger partial charge in [0.2, 0.25) is 5.91 Å². The fourth-order valence-electron chi connectivity index (χ4n) is 2.01. The van der Waals surface area contributed by atoms with E-state index in [1.807, 2.05) is 42.5 Å². The highest BCUT2D eigenvalue weighted by atomic mass is 32.1. The highest BCUT2D eigenvalue weighted by molar-refractivity contribution is 7.80. The van der Waals surface area contributed by atoms with Crippen LogP contribution < -0.4 is 20.9 Å². The lowest BCUT2D eigenvalue weighted by molar-refractivity contribution is -0.128. The Bertz CT molecular complexity index is 792. The molecule has 1 atom stereocenters. The molecule has 0 saturated carbocycles. The Morgan fingerprint density at radius 2 is 1.64 bits per heavy atom. The van der Waals surface area contributed by atoms with E-state index in [0.717, 1.165) is 10.8 Å². The van der Waals surface area contributed by atoms with E-state index in [1.54, 1.807) is 20.8 Å². The number of amides is 2. The van der Waals surface area contributed by atoms with Gasteiger partial charge in [-0.25, -0.2) is 0 Å². The van der Waals surface area contributed by atoms with Crippen molar-refractivity contribution < 1.29 is 14.3 Å². The van der Waals surface area contributed by atoms with E-state index in [9.17, 15) is 9.59 Å². The zero-order chi connectivity index (χ0) is 18.4. The van der Waals surface area contributed by atoms with Gasteiger partial charge in [-0.3, -0.25) is 20.4 Å². The Morgan fingerprint density at radius 1 is 0.960 bits per heavy atom. The summed E-state index contributed by atoms with van der Waals surface area (Å²) in [6, 6.07) is 13.5. The Labute approximate surface area is 151 Å². The molecule has 0 saturated heterocycles. The second-order valence-corrected chi connectivity index (χ2v) is 6.26. The van der Waals surface area contributed by atoms with Crippen molar-refractivity contribution in [1.82, 2.24) is 16.2 Å². The molecule has 2 rings (SSSR count). The maximum atomic E-state index is 12.1. The first-order valence-electron chi connectivity index (χ1n) is 7.93. The monoisotopic (exact) mass is 359 g/mol. The molecule has 0 aromatic heterocycles. The largest absolute Gasteiger partial charge is 0.481 e. The van der Waals surface area contributed by atoms with Crippen LogP contribution in [0.5, 0.6) is 5.75 Å². The lowest BCUT2D eigenvalue weighted by Crippen LogP contribution is -2.52. The zero-order valence-electron chi connectivity index (χ0n) is 14.3.